The van der Waals surface area contributed by atoms with Crippen molar-refractivity contribution in [2.24, 2.45) is 5.73 Å². The lowest BCUT2D eigenvalue weighted by Gasteiger charge is -2.12. The summed E-state index contributed by atoms with van der Waals surface area (Å²) in [5.41, 5.74) is 3.70. The SMILES string of the molecule is [CH2]C(C)(N)O[SH](=O)=O. The van der Waals surface area contributed by atoms with Crippen molar-refractivity contribution in [3.63, 3.8) is 0 Å². The van der Waals surface area contributed by atoms with Gasteiger partial charge >= 0.3 is 0 Å². The summed E-state index contributed by atoms with van der Waals surface area (Å²) in [6.45, 7) is 4.53. The number of nitrogens with two attached hydrogens (primary N) is 1. The molecule has 0 rings (SSSR count). The summed E-state index contributed by atoms with van der Waals surface area (Å²) in [6.07, 6.45) is 0. The molecular formula is C3H8NO3S. The van der Waals surface area contributed by atoms with E-state index in [2.05, 4.69) is 11.1 Å². The Balaban J connectivity index is 3.73. The summed E-state index contributed by atoms with van der Waals surface area (Å²) >= 11 is 0. The first-order valence-corrected chi connectivity index (χ1v) is 2.99. The average Bonchev–Trinajstić information content (AvgIpc) is 1.21. The summed E-state index contributed by atoms with van der Waals surface area (Å²) in [7, 11) is -2.88. The van der Waals surface area contributed by atoms with Crippen LogP contribution in [0.25, 0.3) is 0 Å². The molecule has 0 bridgehead atoms. The third-order valence-corrected chi connectivity index (χ3v) is 0.849. The molecule has 0 aromatic heterocycles. The van der Waals surface area contributed by atoms with Crippen LogP contribution in [0.1, 0.15) is 6.92 Å². The average molecular weight is 138 g/mol. The molecule has 0 spiro atoms. The Kier molecular flexibility index (Phi) is 2.39. The fraction of sp³-hybridized carbons (Fsp3) is 0.667. The van der Waals surface area contributed by atoms with Gasteiger partial charge in [0.05, 0.1) is 0 Å². The molecule has 0 saturated heterocycles. The first kappa shape index (κ1) is 7.87. The maximum absolute atomic E-state index is 9.71. The van der Waals surface area contributed by atoms with Crippen LogP contribution in [0.4, 0.5) is 0 Å². The quantitative estimate of drug-likeness (QED) is 0.381. The van der Waals surface area contributed by atoms with Gasteiger partial charge < -0.3 is 5.73 Å². The van der Waals surface area contributed by atoms with E-state index in [1.807, 2.05) is 0 Å². The van der Waals surface area contributed by atoms with Crippen LogP contribution in [-0.2, 0) is 15.2 Å². The van der Waals surface area contributed by atoms with E-state index in [1.165, 1.54) is 6.92 Å². The molecule has 0 aliphatic heterocycles. The van der Waals surface area contributed by atoms with Gasteiger partial charge in [0.25, 0.3) is 11.0 Å². The summed E-state index contributed by atoms with van der Waals surface area (Å²) < 4.78 is 23.5. The number of hydrogen-bond acceptors (Lipinski definition) is 4. The summed E-state index contributed by atoms with van der Waals surface area (Å²) in [5.74, 6) is 0. The lowest BCUT2D eigenvalue weighted by Crippen LogP contribution is -2.35. The predicted molar refractivity (Wildman–Crippen MR) is 29.3 cm³/mol. The van der Waals surface area contributed by atoms with Crippen molar-refractivity contribution in [2.75, 3.05) is 0 Å². The highest BCUT2D eigenvalue weighted by Gasteiger charge is 2.11. The molecule has 0 amide bonds. The number of thiol groups is 1. The minimum atomic E-state index is -2.88. The van der Waals surface area contributed by atoms with Gasteiger partial charge in [-0.05, 0) is 13.8 Å². The molecule has 1 atom stereocenters. The van der Waals surface area contributed by atoms with E-state index in [-0.39, 0.29) is 0 Å². The highest BCUT2D eigenvalue weighted by Crippen LogP contribution is 1.96. The van der Waals surface area contributed by atoms with Gasteiger partial charge in [0, 0.05) is 0 Å². The number of rotatable bonds is 2. The highest BCUT2D eigenvalue weighted by molar-refractivity contribution is 7.67. The van der Waals surface area contributed by atoms with Crippen LogP contribution in [0, 0.1) is 6.92 Å². The zero-order valence-corrected chi connectivity index (χ0v) is 5.35. The second-order valence-electron chi connectivity index (χ2n) is 1.63. The van der Waals surface area contributed by atoms with Gasteiger partial charge in [0.15, 0.2) is 0 Å². The second-order valence-corrected chi connectivity index (χ2v) is 2.26. The minimum Gasteiger partial charge on any atom is -0.303 e. The largest absolute Gasteiger partial charge is 0.303 e. The molecule has 0 saturated carbocycles. The molecule has 4 nitrogen and oxygen atoms in total. The Bertz CT molecular complexity index is 126. The smallest absolute Gasteiger partial charge is 0.258 e. The number of hydrogen-bond donors (Lipinski definition) is 2. The van der Waals surface area contributed by atoms with E-state index in [9.17, 15) is 8.42 Å². The van der Waals surface area contributed by atoms with Crippen molar-refractivity contribution in [2.45, 2.75) is 12.6 Å². The van der Waals surface area contributed by atoms with Crippen molar-refractivity contribution in [1.29, 1.82) is 0 Å². The standard InChI is InChI=1S/C3H8NO3S/c1-3(2,4)7-8(5)6/h8H,1,4H2,2H3. The third kappa shape index (κ3) is 5.87. The molecule has 1 unspecified atom stereocenters. The maximum Gasteiger partial charge on any atom is 0.258 e. The molecular weight excluding hydrogens is 130 g/mol. The van der Waals surface area contributed by atoms with E-state index >= 15 is 0 Å². The first-order valence-electron chi connectivity index (χ1n) is 1.89. The van der Waals surface area contributed by atoms with Crippen LogP contribution in [-0.4, -0.2) is 14.1 Å². The van der Waals surface area contributed by atoms with Crippen LogP contribution in [0.15, 0.2) is 0 Å². The molecule has 8 heavy (non-hydrogen) atoms. The molecule has 0 aliphatic rings. The Morgan fingerprint density at radius 1 is 1.75 bits per heavy atom. The fourth-order valence-electron chi connectivity index (χ4n) is 0.170. The van der Waals surface area contributed by atoms with Crippen LogP contribution < -0.4 is 5.73 Å². The first-order chi connectivity index (χ1) is 3.42. The van der Waals surface area contributed by atoms with Crippen molar-refractivity contribution in [1.82, 2.24) is 0 Å². The lowest BCUT2D eigenvalue weighted by atomic mass is 10.4. The van der Waals surface area contributed by atoms with E-state index in [1.54, 1.807) is 0 Å². The van der Waals surface area contributed by atoms with Crippen molar-refractivity contribution in [3.8, 4) is 0 Å². The lowest BCUT2D eigenvalue weighted by molar-refractivity contribution is 0.163. The van der Waals surface area contributed by atoms with E-state index in [0.29, 0.717) is 0 Å². The highest BCUT2D eigenvalue weighted by atomic mass is 32.2. The summed E-state index contributed by atoms with van der Waals surface area (Å²) in [6, 6.07) is 0. The molecule has 49 valence electrons. The van der Waals surface area contributed by atoms with Crippen molar-refractivity contribution >= 4 is 11.0 Å². The normalized spacial score (nSPS) is 12.5. The van der Waals surface area contributed by atoms with Crippen LogP contribution >= 0.6 is 0 Å². The van der Waals surface area contributed by atoms with Gasteiger partial charge in [-0.25, -0.2) is 8.42 Å². The summed E-state index contributed by atoms with van der Waals surface area (Å²) in [4.78, 5) is 0. The Morgan fingerprint density at radius 3 is 2.12 bits per heavy atom. The molecule has 0 aromatic carbocycles. The van der Waals surface area contributed by atoms with E-state index in [4.69, 9.17) is 5.73 Å². The monoisotopic (exact) mass is 138 g/mol. The van der Waals surface area contributed by atoms with Crippen LogP contribution in [0.3, 0.4) is 0 Å². The van der Waals surface area contributed by atoms with E-state index < -0.39 is 16.7 Å². The molecule has 1 radical (unpaired) electrons. The fourth-order valence-corrected chi connectivity index (χ4v) is 0.511. The second kappa shape index (κ2) is 2.43. The predicted octanol–water partition coefficient (Wildman–Crippen LogP) is -0.962. The molecule has 5 heteroatoms. The Morgan fingerprint density at radius 2 is 2.12 bits per heavy atom. The maximum atomic E-state index is 9.71. The van der Waals surface area contributed by atoms with Gasteiger partial charge in [-0.15, -0.1) is 0 Å². The van der Waals surface area contributed by atoms with Crippen LogP contribution in [0.2, 0.25) is 0 Å². The van der Waals surface area contributed by atoms with Crippen molar-refractivity contribution in [3.05, 3.63) is 6.92 Å². The van der Waals surface area contributed by atoms with Crippen molar-refractivity contribution < 1.29 is 12.6 Å². The van der Waals surface area contributed by atoms with Gasteiger partial charge in [-0.2, -0.15) is 0 Å². The summed E-state index contributed by atoms with van der Waals surface area (Å²) in [5, 5.41) is 0. The Hall–Kier alpha value is -0.130. The zero-order chi connectivity index (χ0) is 6.78. The molecule has 0 aromatic rings. The minimum absolute atomic E-state index is 1.32. The third-order valence-electron chi connectivity index (χ3n) is 0.283. The van der Waals surface area contributed by atoms with Gasteiger partial charge in [-0.1, -0.05) is 0 Å². The van der Waals surface area contributed by atoms with Gasteiger partial charge in [0.1, 0.15) is 5.72 Å². The van der Waals surface area contributed by atoms with Gasteiger partial charge in [0.2, 0.25) is 0 Å². The molecule has 0 heterocycles. The topological polar surface area (TPSA) is 69.4 Å². The molecule has 2 N–H and O–H groups in total. The van der Waals surface area contributed by atoms with Gasteiger partial charge in [-0.3, -0.25) is 4.18 Å². The Labute approximate surface area is 49.8 Å². The zero-order valence-electron chi connectivity index (χ0n) is 4.46. The molecule has 0 aliphatic carbocycles. The molecule has 0 fully saturated rings. The van der Waals surface area contributed by atoms with E-state index in [0.717, 1.165) is 0 Å². The van der Waals surface area contributed by atoms with Crippen LogP contribution in [0.5, 0.6) is 0 Å².